The zero-order chi connectivity index (χ0) is 17.8. The molecule has 2 nitrogen and oxygen atoms in total. The molecule has 2 heteroatoms. The topological polar surface area (TPSA) is 15.3 Å². The van der Waals surface area contributed by atoms with Crippen molar-refractivity contribution in [2.75, 3.05) is 6.54 Å². The number of nitrogens with zero attached hydrogens (tertiary/aromatic N) is 1. The van der Waals surface area contributed by atoms with Crippen molar-refractivity contribution in [3.05, 3.63) is 84.6 Å². The lowest BCUT2D eigenvalue weighted by Gasteiger charge is -2.29. The van der Waals surface area contributed by atoms with Gasteiger partial charge in [-0.2, -0.15) is 0 Å². The van der Waals surface area contributed by atoms with Crippen molar-refractivity contribution in [3.8, 4) is 0 Å². The van der Waals surface area contributed by atoms with E-state index in [1.54, 1.807) is 6.08 Å². The molecule has 0 heterocycles. The lowest BCUT2D eigenvalue weighted by atomic mass is 10.1. The van der Waals surface area contributed by atoms with Gasteiger partial charge in [-0.15, -0.1) is 0 Å². The van der Waals surface area contributed by atoms with Crippen LogP contribution in [0.4, 0.5) is 0 Å². The Morgan fingerprint density at radius 1 is 1.04 bits per heavy atom. The van der Waals surface area contributed by atoms with Gasteiger partial charge in [-0.3, -0.25) is 0 Å². The molecular weight excluding hydrogens is 280 g/mol. The Labute approximate surface area is 143 Å². The third-order valence-corrected chi connectivity index (χ3v) is 3.30. The normalized spacial score (nSPS) is 13.2. The average molecular weight is 313 g/mol. The van der Waals surface area contributed by atoms with E-state index in [2.05, 4.69) is 56.8 Å². The second kappa shape index (κ2) is 11.4. The van der Waals surface area contributed by atoms with E-state index >= 15 is 0 Å². The van der Waals surface area contributed by atoms with E-state index < -0.39 is 0 Å². The van der Waals surface area contributed by atoms with Crippen LogP contribution in [-0.2, 0) is 0 Å². The number of nitrogens with one attached hydrogen (secondary N) is 1. The molecule has 0 aromatic carbocycles. The minimum atomic E-state index is 0.883. The molecule has 0 aliphatic rings. The molecule has 0 aliphatic carbocycles. The number of rotatable bonds is 10. The smallest absolute Gasteiger partial charge is 0.102 e. The van der Waals surface area contributed by atoms with Crippen LogP contribution in [0.25, 0.3) is 0 Å². The maximum absolute atomic E-state index is 4.19. The van der Waals surface area contributed by atoms with Crippen molar-refractivity contribution in [2.45, 2.75) is 41.0 Å². The molecule has 0 aromatic rings. The largest absolute Gasteiger partial charge is 0.346 e. The van der Waals surface area contributed by atoms with E-state index in [0.717, 1.165) is 30.1 Å². The Balaban J connectivity index is 5.23. The average Bonchev–Trinajstić information content (AvgIpc) is 2.49. The van der Waals surface area contributed by atoms with Crippen molar-refractivity contribution in [3.63, 3.8) is 0 Å². The molecule has 0 radical (unpaired) electrons. The van der Waals surface area contributed by atoms with Crippen LogP contribution < -0.4 is 5.32 Å². The van der Waals surface area contributed by atoms with E-state index in [9.17, 15) is 0 Å². The highest BCUT2D eigenvalue weighted by Crippen LogP contribution is 2.17. The minimum absolute atomic E-state index is 0.883. The Morgan fingerprint density at radius 3 is 2.22 bits per heavy atom. The van der Waals surface area contributed by atoms with Gasteiger partial charge in [0.15, 0.2) is 0 Å². The standard InChI is InChI=1S/C21H32N2/c1-9-11-12-13-19(6)22-21(8)23(16-10-2)20(7)18(5)15-14-17(3)4/h9,11-15,22H,1,3,8,10,16H2,2,4-7H3/b12-11-,15-14-,19-13+,20-18+. The van der Waals surface area contributed by atoms with Gasteiger partial charge in [-0.05, 0) is 45.8 Å². The molecule has 0 bridgehead atoms. The summed E-state index contributed by atoms with van der Waals surface area (Å²) in [7, 11) is 0. The summed E-state index contributed by atoms with van der Waals surface area (Å²) in [6, 6.07) is 0. The molecule has 0 saturated carbocycles. The zero-order valence-corrected chi connectivity index (χ0v) is 15.4. The third-order valence-electron chi connectivity index (χ3n) is 3.30. The van der Waals surface area contributed by atoms with Gasteiger partial charge in [-0.25, -0.2) is 0 Å². The van der Waals surface area contributed by atoms with Gasteiger partial charge >= 0.3 is 0 Å². The van der Waals surface area contributed by atoms with Crippen molar-refractivity contribution in [1.82, 2.24) is 10.2 Å². The molecule has 0 rings (SSSR count). The SMILES string of the molecule is C=C/C=C\C=C(/C)NC(=C)N(CCC)/C(C)=C(C)/C=C\C(=C)C. The maximum Gasteiger partial charge on any atom is 0.102 e. The fourth-order valence-electron chi connectivity index (χ4n) is 1.94. The van der Waals surface area contributed by atoms with Crippen LogP contribution >= 0.6 is 0 Å². The highest BCUT2D eigenvalue weighted by molar-refractivity contribution is 5.29. The first kappa shape index (κ1) is 20.8. The van der Waals surface area contributed by atoms with Crippen LogP contribution in [0.1, 0.15) is 41.0 Å². The molecule has 0 atom stereocenters. The molecule has 126 valence electrons. The number of allylic oxidation sites excluding steroid dienone is 10. The van der Waals surface area contributed by atoms with Crippen LogP contribution in [-0.4, -0.2) is 11.4 Å². The Hall–Kier alpha value is -2.22. The fraction of sp³-hybridized carbons (Fsp3) is 0.333. The Bertz CT molecular complexity index is 542. The summed E-state index contributed by atoms with van der Waals surface area (Å²) in [6.45, 7) is 23.1. The van der Waals surface area contributed by atoms with Crippen LogP contribution in [0.15, 0.2) is 84.6 Å². The molecule has 23 heavy (non-hydrogen) atoms. The quantitative estimate of drug-likeness (QED) is 0.510. The van der Waals surface area contributed by atoms with Crippen LogP contribution in [0.5, 0.6) is 0 Å². The molecule has 0 aromatic heterocycles. The predicted octanol–water partition coefficient (Wildman–Crippen LogP) is 5.83. The van der Waals surface area contributed by atoms with Crippen LogP contribution in [0.2, 0.25) is 0 Å². The lowest BCUT2D eigenvalue weighted by Crippen LogP contribution is -2.30. The number of hydrogen-bond donors (Lipinski definition) is 1. The minimum Gasteiger partial charge on any atom is -0.346 e. The second-order valence-electron chi connectivity index (χ2n) is 5.64. The van der Waals surface area contributed by atoms with Gasteiger partial charge in [0.1, 0.15) is 5.82 Å². The summed E-state index contributed by atoms with van der Waals surface area (Å²) in [4.78, 5) is 2.21. The highest BCUT2D eigenvalue weighted by atomic mass is 15.2. The van der Waals surface area contributed by atoms with E-state index in [-0.39, 0.29) is 0 Å². The number of hydrogen-bond acceptors (Lipinski definition) is 2. The molecule has 0 unspecified atom stereocenters. The molecule has 1 N–H and O–H groups in total. The van der Waals surface area contributed by atoms with Gasteiger partial charge in [-0.1, -0.05) is 62.6 Å². The van der Waals surface area contributed by atoms with Crippen molar-refractivity contribution in [2.24, 2.45) is 0 Å². The summed E-state index contributed by atoms with van der Waals surface area (Å²) < 4.78 is 0. The molecular formula is C21H32N2. The van der Waals surface area contributed by atoms with Gasteiger partial charge in [0.25, 0.3) is 0 Å². The zero-order valence-electron chi connectivity index (χ0n) is 15.4. The van der Waals surface area contributed by atoms with Gasteiger partial charge in [0.2, 0.25) is 0 Å². The first-order valence-electron chi connectivity index (χ1n) is 8.04. The summed E-state index contributed by atoms with van der Waals surface area (Å²) in [5.41, 5.74) is 4.48. The summed E-state index contributed by atoms with van der Waals surface area (Å²) in [5.74, 6) is 0.883. The lowest BCUT2D eigenvalue weighted by molar-refractivity contribution is 0.401. The van der Waals surface area contributed by atoms with E-state index in [0.29, 0.717) is 0 Å². The maximum atomic E-state index is 4.19. The first-order chi connectivity index (χ1) is 10.8. The summed E-state index contributed by atoms with van der Waals surface area (Å²) in [5, 5.41) is 3.36. The first-order valence-corrected chi connectivity index (χ1v) is 8.04. The van der Waals surface area contributed by atoms with Crippen molar-refractivity contribution in [1.29, 1.82) is 0 Å². The van der Waals surface area contributed by atoms with Gasteiger partial charge < -0.3 is 10.2 Å². The van der Waals surface area contributed by atoms with Gasteiger partial charge in [0.05, 0.1) is 0 Å². The molecule has 0 fully saturated rings. The Morgan fingerprint density at radius 2 is 1.70 bits per heavy atom. The monoisotopic (exact) mass is 312 g/mol. The molecule has 0 aliphatic heterocycles. The van der Waals surface area contributed by atoms with E-state index in [4.69, 9.17) is 0 Å². The van der Waals surface area contributed by atoms with Gasteiger partial charge in [0, 0.05) is 17.9 Å². The summed E-state index contributed by atoms with van der Waals surface area (Å²) in [6.07, 6.45) is 12.8. The predicted molar refractivity (Wildman–Crippen MR) is 105 cm³/mol. The third kappa shape index (κ3) is 8.72. The van der Waals surface area contributed by atoms with E-state index in [1.807, 2.05) is 38.2 Å². The summed E-state index contributed by atoms with van der Waals surface area (Å²) >= 11 is 0. The second-order valence-corrected chi connectivity index (χ2v) is 5.64. The fourth-order valence-corrected chi connectivity index (χ4v) is 1.94. The van der Waals surface area contributed by atoms with Crippen LogP contribution in [0.3, 0.4) is 0 Å². The van der Waals surface area contributed by atoms with Crippen molar-refractivity contribution >= 4 is 0 Å². The molecule has 0 amide bonds. The Kier molecular flexibility index (Phi) is 10.3. The molecule has 0 saturated heterocycles. The highest BCUT2D eigenvalue weighted by Gasteiger charge is 2.10. The van der Waals surface area contributed by atoms with Crippen LogP contribution in [0, 0.1) is 0 Å². The van der Waals surface area contributed by atoms with Crippen molar-refractivity contribution < 1.29 is 0 Å². The molecule has 0 spiro atoms. The van der Waals surface area contributed by atoms with E-state index in [1.165, 1.54) is 11.3 Å².